The molecule has 3 heteroatoms. The average Bonchev–Trinajstić information content (AvgIpc) is 2.19. The second-order valence-electron chi connectivity index (χ2n) is 9.52. The standard InChI is InChI=1S/C16H25BO2/c1-12(2)13(3,4)19-17(18-12)16-8-15(9-16,10-16)14-5-11(6-14)7-14/h11H,5-10H2,1-4H3. The first-order chi connectivity index (χ1) is 8.72. The second kappa shape index (κ2) is 2.68. The van der Waals surface area contributed by atoms with Crippen LogP contribution in [-0.4, -0.2) is 18.3 Å². The van der Waals surface area contributed by atoms with Gasteiger partial charge in [-0.1, -0.05) is 0 Å². The van der Waals surface area contributed by atoms with Gasteiger partial charge < -0.3 is 9.31 Å². The Morgan fingerprint density at radius 2 is 1.26 bits per heavy atom. The van der Waals surface area contributed by atoms with Crippen LogP contribution >= 0.6 is 0 Å². The molecule has 104 valence electrons. The van der Waals surface area contributed by atoms with E-state index in [0.29, 0.717) is 5.31 Å². The van der Waals surface area contributed by atoms with Gasteiger partial charge in [0.05, 0.1) is 11.2 Å². The molecule has 0 atom stereocenters. The molecule has 6 aliphatic carbocycles. The molecule has 4 bridgehead atoms. The molecule has 0 aromatic heterocycles. The van der Waals surface area contributed by atoms with Gasteiger partial charge in [-0.25, -0.2) is 0 Å². The van der Waals surface area contributed by atoms with E-state index in [2.05, 4.69) is 27.7 Å². The summed E-state index contributed by atoms with van der Waals surface area (Å²) in [5, 5.41) is 0.389. The molecule has 7 rings (SSSR count). The molecule has 7 fully saturated rings. The van der Waals surface area contributed by atoms with Crippen LogP contribution in [0.3, 0.4) is 0 Å². The fourth-order valence-electron chi connectivity index (χ4n) is 5.90. The van der Waals surface area contributed by atoms with Crippen molar-refractivity contribution < 1.29 is 9.31 Å². The molecular formula is C16H25BO2. The van der Waals surface area contributed by atoms with Crippen molar-refractivity contribution in [2.75, 3.05) is 0 Å². The Balaban J connectivity index is 1.34. The van der Waals surface area contributed by atoms with Crippen LogP contribution in [0.5, 0.6) is 0 Å². The van der Waals surface area contributed by atoms with E-state index in [9.17, 15) is 0 Å². The van der Waals surface area contributed by atoms with Crippen LogP contribution in [0.25, 0.3) is 0 Å². The summed E-state index contributed by atoms with van der Waals surface area (Å²) in [4.78, 5) is 0. The van der Waals surface area contributed by atoms with Gasteiger partial charge in [0, 0.05) is 5.31 Å². The Bertz CT molecular complexity index is 428. The minimum absolute atomic E-state index is 0.0618. The summed E-state index contributed by atoms with van der Waals surface area (Å²) in [6.45, 7) is 8.70. The molecule has 0 amide bonds. The van der Waals surface area contributed by atoms with Crippen LogP contribution in [0.4, 0.5) is 0 Å². The fourth-order valence-corrected chi connectivity index (χ4v) is 5.90. The van der Waals surface area contributed by atoms with Gasteiger partial charge >= 0.3 is 7.12 Å². The lowest BCUT2D eigenvalue weighted by Crippen LogP contribution is -2.76. The second-order valence-corrected chi connectivity index (χ2v) is 9.52. The molecule has 0 radical (unpaired) electrons. The van der Waals surface area contributed by atoms with Crippen LogP contribution in [0.1, 0.15) is 66.2 Å². The highest BCUT2D eigenvalue weighted by Gasteiger charge is 2.84. The van der Waals surface area contributed by atoms with Gasteiger partial charge in [-0.15, -0.1) is 0 Å². The van der Waals surface area contributed by atoms with Gasteiger partial charge in [0.1, 0.15) is 0 Å². The van der Waals surface area contributed by atoms with Crippen LogP contribution in [0.2, 0.25) is 5.31 Å². The van der Waals surface area contributed by atoms with Crippen molar-refractivity contribution in [3.8, 4) is 0 Å². The molecule has 19 heavy (non-hydrogen) atoms. The molecule has 2 nitrogen and oxygen atoms in total. The van der Waals surface area contributed by atoms with Crippen molar-refractivity contribution in [1.29, 1.82) is 0 Å². The van der Waals surface area contributed by atoms with Gasteiger partial charge in [-0.2, -0.15) is 0 Å². The molecule has 0 aromatic carbocycles. The first-order valence-electron chi connectivity index (χ1n) is 8.08. The lowest BCUT2D eigenvalue weighted by atomic mass is 9.14. The van der Waals surface area contributed by atoms with Crippen molar-refractivity contribution in [2.45, 2.75) is 82.7 Å². The maximum atomic E-state index is 6.31. The monoisotopic (exact) mass is 260 g/mol. The first kappa shape index (κ1) is 11.6. The van der Waals surface area contributed by atoms with E-state index in [0.717, 1.165) is 16.7 Å². The quantitative estimate of drug-likeness (QED) is 0.703. The van der Waals surface area contributed by atoms with Crippen LogP contribution in [0.15, 0.2) is 0 Å². The topological polar surface area (TPSA) is 18.5 Å². The van der Waals surface area contributed by atoms with Gasteiger partial charge in [-0.3, -0.25) is 0 Å². The fraction of sp³-hybridized carbons (Fsp3) is 1.00. The Morgan fingerprint density at radius 3 is 1.63 bits per heavy atom. The predicted molar refractivity (Wildman–Crippen MR) is 74.8 cm³/mol. The summed E-state index contributed by atoms with van der Waals surface area (Å²) in [6, 6.07) is 0. The molecule has 7 aliphatic rings. The van der Waals surface area contributed by atoms with Crippen molar-refractivity contribution >= 4 is 7.12 Å². The van der Waals surface area contributed by atoms with E-state index < -0.39 is 0 Å². The summed E-state index contributed by atoms with van der Waals surface area (Å²) in [6.07, 6.45) is 8.82. The third-order valence-corrected chi connectivity index (χ3v) is 7.99. The lowest BCUT2D eigenvalue weighted by molar-refractivity contribution is -0.307. The predicted octanol–water partition coefficient (Wildman–Crippen LogP) is 3.80. The molecule has 6 saturated carbocycles. The van der Waals surface area contributed by atoms with E-state index in [4.69, 9.17) is 9.31 Å². The molecule has 0 aromatic rings. The summed E-state index contributed by atoms with van der Waals surface area (Å²) >= 11 is 0. The summed E-state index contributed by atoms with van der Waals surface area (Å²) in [5.74, 6) is 1.11. The summed E-state index contributed by atoms with van der Waals surface area (Å²) in [7, 11) is 0.0618. The molecule has 0 unspecified atom stereocenters. The van der Waals surface area contributed by atoms with Crippen molar-refractivity contribution in [3.63, 3.8) is 0 Å². The van der Waals surface area contributed by atoms with Gasteiger partial charge in [0.15, 0.2) is 0 Å². The zero-order valence-electron chi connectivity index (χ0n) is 12.7. The highest BCUT2D eigenvalue weighted by atomic mass is 16.7. The third-order valence-electron chi connectivity index (χ3n) is 7.99. The molecular weight excluding hydrogens is 235 g/mol. The molecule has 0 N–H and O–H groups in total. The van der Waals surface area contributed by atoms with Crippen molar-refractivity contribution in [3.05, 3.63) is 0 Å². The number of hydrogen-bond acceptors (Lipinski definition) is 2. The Labute approximate surface area is 116 Å². The Kier molecular flexibility index (Phi) is 1.64. The van der Waals surface area contributed by atoms with E-state index in [1.807, 2.05) is 0 Å². The zero-order valence-corrected chi connectivity index (χ0v) is 12.7. The smallest absolute Gasteiger partial charge is 0.403 e. The molecule has 1 saturated heterocycles. The maximum absolute atomic E-state index is 6.31. The van der Waals surface area contributed by atoms with Gasteiger partial charge in [0.25, 0.3) is 0 Å². The zero-order chi connectivity index (χ0) is 13.3. The lowest BCUT2D eigenvalue weighted by Gasteiger charge is -2.85. The van der Waals surface area contributed by atoms with Crippen molar-refractivity contribution in [2.24, 2.45) is 16.7 Å². The minimum atomic E-state index is -0.156. The average molecular weight is 260 g/mol. The van der Waals surface area contributed by atoms with Crippen LogP contribution < -0.4 is 0 Å². The highest BCUT2D eigenvalue weighted by Crippen LogP contribution is 2.92. The number of rotatable bonds is 2. The highest BCUT2D eigenvalue weighted by molar-refractivity contribution is 6.51. The molecule has 1 heterocycles. The van der Waals surface area contributed by atoms with Gasteiger partial charge in [-0.05, 0) is 83.0 Å². The van der Waals surface area contributed by atoms with Crippen LogP contribution in [0, 0.1) is 16.7 Å². The molecule has 1 aliphatic heterocycles. The normalized spacial score (nSPS) is 58.7. The SMILES string of the molecule is CC1(C)OB(C23CC(C45CC(C4)C5)(C2)C3)OC1(C)C. The third kappa shape index (κ3) is 1.02. The number of hydrogen-bond donors (Lipinski definition) is 0. The van der Waals surface area contributed by atoms with Gasteiger partial charge in [0.2, 0.25) is 0 Å². The summed E-state index contributed by atoms with van der Waals surface area (Å²) < 4.78 is 12.6. The van der Waals surface area contributed by atoms with Crippen molar-refractivity contribution in [1.82, 2.24) is 0 Å². The van der Waals surface area contributed by atoms with E-state index in [1.165, 1.54) is 19.3 Å². The van der Waals surface area contributed by atoms with E-state index in [-0.39, 0.29) is 18.3 Å². The van der Waals surface area contributed by atoms with E-state index >= 15 is 0 Å². The largest absolute Gasteiger partial charge is 0.464 e. The Morgan fingerprint density at radius 1 is 0.789 bits per heavy atom. The van der Waals surface area contributed by atoms with E-state index in [1.54, 1.807) is 19.3 Å². The maximum Gasteiger partial charge on any atom is 0.464 e. The Hall–Kier alpha value is -0.0151. The minimum Gasteiger partial charge on any atom is -0.403 e. The van der Waals surface area contributed by atoms with Crippen LogP contribution in [-0.2, 0) is 9.31 Å². The molecule has 0 spiro atoms. The first-order valence-corrected chi connectivity index (χ1v) is 8.08. The summed E-state index contributed by atoms with van der Waals surface area (Å²) in [5.41, 5.74) is 1.21.